The molecule has 0 aliphatic heterocycles. The van der Waals surface area contributed by atoms with Gasteiger partial charge in [0.15, 0.2) is 0 Å². The highest BCUT2D eigenvalue weighted by Crippen LogP contribution is 2.23. The Hall–Kier alpha value is -1.22. The van der Waals surface area contributed by atoms with E-state index in [4.69, 9.17) is 5.11 Å². The van der Waals surface area contributed by atoms with E-state index in [0.29, 0.717) is 18.5 Å². The molecule has 0 saturated heterocycles. The van der Waals surface area contributed by atoms with Gasteiger partial charge in [-0.25, -0.2) is 0 Å². The van der Waals surface area contributed by atoms with Gasteiger partial charge >= 0.3 is 0 Å². The van der Waals surface area contributed by atoms with Crippen molar-refractivity contribution in [1.29, 1.82) is 0 Å². The summed E-state index contributed by atoms with van der Waals surface area (Å²) in [6.45, 7) is 14.4. The van der Waals surface area contributed by atoms with Gasteiger partial charge in [-0.2, -0.15) is 0 Å². The lowest BCUT2D eigenvalue weighted by atomic mass is 10.2. The standard InChI is InChI=1S/C10H18N2S.C9H16N2O2S/c1-8(2)6-12(9(3)4)10-5-11-7-13-10;1-7(2)11(4-8(13)5-12)9-3-10-6-14-9/h5,7-9H,6H2,1-4H3;3,6-8,12-13H,4-5H2,1-2H3. The van der Waals surface area contributed by atoms with Crippen LogP contribution in [0.15, 0.2) is 23.4 Å². The lowest BCUT2D eigenvalue weighted by Crippen LogP contribution is -2.38. The van der Waals surface area contributed by atoms with Gasteiger partial charge in [-0.15, -0.1) is 22.7 Å². The molecule has 0 aromatic carbocycles. The molecule has 0 radical (unpaired) electrons. The summed E-state index contributed by atoms with van der Waals surface area (Å²) < 4.78 is 0. The number of hydrogen-bond donors (Lipinski definition) is 2. The second-order valence-corrected chi connectivity index (χ2v) is 9.13. The largest absolute Gasteiger partial charge is 0.394 e. The minimum absolute atomic E-state index is 0.206. The van der Waals surface area contributed by atoms with E-state index in [1.807, 2.05) is 30.5 Å². The fraction of sp³-hybridized carbons (Fsp3) is 0.684. The molecule has 2 aromatic rings. The normalized spacial score (nSPS) is 12.3. The SMILES string of the molecule is CC(C)CN(c1cncs1)C(C)C.CC(C)N(CC(O)CO)c1cncs1. The Morgan fingerprint density at radius 2 is 1.30 bits per heavy atom. The van der Waals surface area contributed by atoms with Crippen LogP contribution in [0.25, 0.3) is 0 Å². The van der Waals surface area contributed by atoms with Gasteiger partial charge in [0, 0.05) is 25.2 Å². The summed E-state index contributed by atoms with van der Waals surface area (Å²) in [7, 11) is 0. The number of aliphatic hydroxyl groups excluding tert-OH is 2. The smallest absolute Gasteiger partial charge is 0.111 e. The Morgan fingerprint density at radius 3 is 1.59 bits per heavy atom. The monoisotopic (exact) mass is 414 g/mol. The second-order valence-electron chi connectivity index (χ2n) is 7.40. The summed E-state index contributed by atoms with van der Waals surface area (Å²) in [5.74, 6) is 0.699. The highest BCUT2D eigenvalue weighted by Gasteiger charge is 2.16. The molecular formula is C19H34N4O2S2. The van der Waals surface area contributed by atoms with Crippen molar-refractivity contribution in [2.75, 3.05) is 29.5 Å². The highest BCUT2D eigenvalue weighted by molar-refractivity contribution is 7.14. The van der Waals surface area contributed by atoms with Crippen LogP contribution in [0.4, 0.5) is 10.0 Å². The average molecular weight is 415 g/mol. The fourth-order valence-corrected chi connectivity index (χ4v) is 4.03. The van der Waals surface area contributed by atoms with Crippen molar-refractivity contribution in [1.82, 2.24) is 9.97 Å². The summed E-state index contributed by atoms with van der Waals surface area (Å²) in [5, 5.41) is 20.4. The van der Waals surface area contributed by atoms with Gasteiger partial charge in [-0.05, 0) is 33.6 Å². The van der Waals surface area contributed by atoms with Crippen molar-refractivity contribution in [2.24, 2.45) is 5.92 Å². The van der Waals surface area contributed by atoms with Crippen LogP contribution in [-0.2, 0) is 0 Å². The summed E-state index contributed by atoms with van der Waals surface area (Å²) in [5.41, 5.74) is 3.65. The van der Waals surface area contributed by atoms with Gasteiger partial charge in [0.2, 0.25) is 0 Å². The van der Waals surface area contributed by atoms with E-state index >= 15 is 0 Å². The molecule has 2 rings (SSSR count). The van der Waals surface area contributed by atoms with Gasteiger partial charge in [-0.3, -0.25) is 9.97 Å². The first-order valence-corrected chi connectivity index (χ1v) is 11.1. The van der Waals surface area contributed by atoms with Crippen molar-refractivity contribution in [3.8, 4) is 0 Å². The molecule has 0 aliphatic rings. The molecule has 0 fully saturated rings. The van der Waals surface area contributed by atoms with E-state index in [-0.39, 0.29) is 12.6 Å². The molecule has 154 valence electrons. The van der Waals surface area contributed by atoms with E-state index in [2.05, 4.69) is 42.6 Å². The van der Waals surface area contributed by atoms with Crippen molar-refractivity contribution >= 4 is 32.7 Å². The minimum atomic E-state index is -0.695. The molecule has 0 amide bonds. The first kappa shape index (κ1) is 23.8. The van der Waals surface area contributed by atoms with Crippen LogP contribution in [0.1, 0.15) is 41.5 Å². The third-order valence-corrected chi connectivity index (χ3v) is 5.45. The maximum atomic E-state index is 9.37. The molecule has 6 nitrogen and oxygen atoms in total. The van der Waals surface area contributed by atoms with Gasteiger partial charge in [0.05, 0.1) is 36.1 Å². The molecule has 0 bridgehead atoms. The lowest BCUT2D eigenvalue weighted by Gasteiger charge is -2.28. The van der Waals surface area contributed by atoms with Crippen LogP contribution in [0.2, 0.25) is 0 Å². The zero-order valence-corrected chi connectivity index (χ0v) is 18.9. The Balaban J connectivity index is 0.000000271. The van der Waals surface area contributed by atoms with Crippen LogP contribution in [0, 0.1) is 5.92 Å². The number of anilines is 2. The number of aromatic nitrogens is 2. The van der Waals surface area contributed by atoms with Crippen LogP contribution < -0.4 is 9.80 Å². The Bertz CT molecular complexity index is 589. The molecule has 2 heterocycles. The first-order valence-electron chi connectivity index (χ1n) is 9.35. The van der Waals surface area contributed by atoms with Gasteiger partial charge in [0.1, 0.15) is 10.0 Å². The van der Waals surface area contributed by atoms with Gasteiger partial charge in [0.25, 0.3) is 0 Å². The van der Waals surface area contributed by atoms with Crippen LogP contribution in [-0.4, -0.2) is 58.1 Å². The molecule has 2 N–H and O–H groups in total. The summed E-state index contributed by atoms with van der Waals surface area (Å²) in [6, 6.07) is 0.847. The molecule has 27 heavy (non-hydrogen) atoms. The molecule has 0 spiro atoms. The number of thiazole rings is 2. The lowest BCUT2D eigenvalue weighted by molar-refractivity contribution is 0.0989. The van der Waals surface area contributed by atoms with E-state index < -0.39 is 6.10 Å². The zero-order chi connectivity index (χ0) is 20.4. The first-order chi connectivity index (χ1) is 12.8. The quantitative estimate of drug-likeness (QED) is 0.651. The maximum absolute atomic E-state index is 9.37. The molecular weight excluding hydrogens is 380 g/mol. The molecule has 2 aromatic heterocycles. The number of rotatable bonds is 9. The van der Waals surface area contributed by atoms with Gasteiger partial charge < -0.3 is 20.0 Å². The number of nitrogens with zero attached hydrogens (tertiary/aromatic N) is 4. The minimum Gasteiger partial charge on any atom is -0.394 e. The summed E-state index contributed by atoms with van der Waals surface area (Å²) in [6.07, 6.45) is 3.03. The zero-order valence-electron chi connectivity index (χ0n) is 17.2. The molecule has 1 atom stereocenters. The second kappa shape index (κ2) is 12.3. The predicted octanol–water partition coefficient (Wildman–Crippen LogP) is 3.73. The molecule has 1 unspecified atom stereocenters. The van der Waals surface area contributed by atoms with Crippen molar-refractivity contribution < 1.29 is 10.2 Å². The van der Waals surface area contributed by atoms with Crippen molar-refractivity contribution in [2.45, 2.75) is 59.7 Å². The topological polar surface area (TPSA) is 72.7 Å². The molecule has 8 heteroatoms. The fourth-order valence-electron chi connectivity index (χ4n) is 2.49. The summed E-state index contributed by atoms with van der Waals surface area (Å²) >= 11 is 3.25. The highest BCUT2D eigenvalue weighted by atomic mass is 32.1. The predicted molar refractivity (Wildman–Crippen MR) is 117 cm³/mol. The van der Waals surface area contributed by atoms with Gasteiger partial charge in [-0.1, -0.05) is 13.8 Å². The molecule has 0 saturated carbocycles. The Kier molecular flexibility index (Phi) is 10.8. The van der Waals surface area contributed by atoms with E-state index in [1.54, 1.807) is 23.0 Å². The Labute approximate surface area is 171 Å². The van der Waals surface area contributed by atoms with E-state index in [0.717, 1.165) is 11.5 Å². The maximum Gasteiger partial charge on any atom is 0.111 e. The van der Waals surface area contributed by atoms with Crippen LogP contribution >= 0.6 is 22.7 Å². The third kappa shape index (κ3) is 8.55. The van der Waals surface area contributed by atoms with Crippen LogP contribution in [0.5, 0.6) is 0 Å². The third-order valence-electron chi connectivity index (χ3n) is 3.83. The number of hydrogen-bond acceptors (Lipinski definition) is 8. The van der Waals surface area contributed by atoms with Crippen LogP contribution in [0.3, 0.4) is 0 Å². The summed E-state index contributed by atoms with van der Waals surface area (Å²) in [4.78, 5) is 12.5. The average Bonchev–Trinajstić information content (AvgIpc) is 3.30. The van der Waals surface area contributed by atoms with E-state index in [9.17, 15) is 5.11 Å². The van der Waals surface area contributed by atoms with Crippen molar-refractivity contribution in [3.05, 3.63) is 23.4 Å². The Morgan fingerprint density at radius 1 is 0.852 bits per heavy atom. The van der Waals surface area contributed by atoms with E-state index in [1.165, 1.54) is 16.3 Å². The molecule has 0 aliphatic carbocycles. The number of aliphatic hydroxyl groups is 2. The van der Waals surface area contributed by atoms with Crippen molar-refractivity contribution in [3.63, 3.8) is 0 Å².